The van der Waals surface area contributed by atoms with Crippen molar-refractivity contribution in [2.24, 2.45) is 5.73 Å². The average Bonchev–Trinajstić information content (AvgIpc) is 2.90. The number of nitrogens with zero attached hydrogens (tertiary/aromatic N) is 2. The number of methoxy groups -OCH3 is 1. The van der Waals surface area contributed by atoms with Crippen LogP contribution in [-0.2, 0) is 16.8 Å². The number of rotatable bonds is 5. The molecule has 1 aromatic heterocycles. The van der Waals surface area contributed by atoms with Crippen molar-refractivity contribution in [3.8, 4) is 11.5 Å². The fourth-order valence-electron chi connectivity index (χ4n) is 1.70. The van der Waals surface area contributed by atoms with Gasteiger partial charge in [0.15, 0.2) is 0 Å². The van der Waals surface area contributed by atoms with E-state index in [-0.39, 0.29) is 0 Å². The van der Waals surface area contributed by atoms with Crippen LogP contribution in [0, 0.1) is 0 Å². The Morgan fingerprint density at radius 2 is 2.16 bits per heavy atom. The number of hydrogen-bond donors (Lipinski definition) is 1. The highest BCUT2D eigenvalue weighted by Gasteiger charge is 2.26. The van der Waals surface area contributed by atoms with Crippen LogP contribution in [0.1, 0.15) is 25.2 Å². The molecule has 0 spiro atoms. The monoisotopic (exact) mass is 261 g/mol. The van der Waals surface area contributed by atoms with Crippen molar-refractivity contribution in [1.29, 1.82) is 0 Å². The van der Waals surface area contributed by atoms with E-state index in [4.69, 9.17) is 15.0 Å². The third-order valence-electron chi connectivity index (χ3n) is 3.08. The van der Waals surface area contributed by atoms with E-state index >= 15 is 0 Å². The minimum Gasteiger partial charge on any atom is -0.371 e. The minimum absolute atomic E-state index is 0.499. The summed E-state index contributed by atoms with van der Waals surface area (Å²) >= 11 is 0. The van der Waals surface area contributed by atoms with Gasteiger partial charge >= 0.3 is 0 Å². The normalized spacial score (nSPS) is 11.8. The van der Waals surface area contributed by atoms with Crippen LogP contribution in [0.15, 0.2) is 28.8 Å². The van der Waals surface area contributed by atoms with E-state index in [0.717, 1.165) is 17.5 Å². The van der Waals surface area contributed by atoms with Crippen LogP contribution in [0.25, 0.3) is 11.5 Å². The lowest BCUT2D eigenvalue weighted by Gasteiger charge is -2.17. The van der Waals surface area contributed by atoms with E-state index in [1.807, 2.05) is 38.1 Å². The fraction of sp³-hybridized carbons (Fsp3) is 0.429. The molecule has 0 atom stereocenters. The number of nitrogens with two attached hydrogens (primary N) is 1. The van der Waals surface area contributed by atoms with Gasteiger partial charge in [0, 0.05) is 12.7 Å². The third kappa shape index (κ3) is 3.00. The van der Waals surface area contributed by atoms with Crippen molar-refractivity contribution >= 4 is 0 Å². The molecule has 0 bridgehead atoms. The summed E-state index contributed by atoms with van der Waals surface area (Å²) in [4.78, 5) is 4.39. The van der Waals surface area contributed by atoms with Crippen molar-refractivity contribution in [3.63, 3.8) is 0 Å². The molecule has 2 rings (SSSR count). The largest absolute Gasteiger partial charge is 0.371 e. The van der Waals surface area contributed by atoms with Crippen LogP contribution in [-0.4, -0.2) is 23.8 Å². The summed E-state index contributed by atoms with van der Waals surface area (Å²) in [5.74, 6) is 1.04. The third-order valence-corrected chi connectivity index (χ3v) is 3.08. The quantitative estimate of drug-likeness (QED) is 0.892. The summed E-state index contributed by atoms with van der Waals surface area (Å²) in [5.41, 5.74) is 7.06. The van der Waals surface area contributed by atoms with Gasteiger partial charge in [-0.3, -0.25) is 0 Å². The van der Waals surface area contributed by atoms with Crippen LogP contribution in [0.3, 0.4) is 0 Å². The lowest BCUT2D eigenvalue weighted by Crippen LogP contribution is -2.21. The summed E-state index contributed by atoms with van der Waals surface area (Å²) < 4.78 is 10.6. The zero-order chi connectivity index (χ0) is 13.9. The van der Waals surface area contributed by atoms with Gasteiger partial charge in [0.05, 0.1) is 0 Å². The molecule has 0 saturated heterocycles. The number of benzene rings is 1. The number of aromatic nitrogens is 2. The van der Waals surface area contributed by atoms with Crippen LogP contribution < -0.4 is 5.73 Å². The van der Waals surface area contributed by atoms with Gasteiger partial charge in [-0.25, -0.2) is 0 Å². The first-order chi connectivity index (χ1) is 9.06. The molecular formula is C14H19N3O2. The molecule has 0 saturated carbocycles. The summed E-state index contributed by atoms with van der Waals surface area (Å²) in [5, 5.41) is 3.97. The molecule has 102 valence electrons. The molecule has 2 aromatic rings. The average molecular weight is 261 g/mol. The molecule has 0 amide bonds. The maximum absolute atomic E-state index is 5.56. The molecule has 1 aromatic carbocycles. The molecule has 5 nitrogen and oxygen atoms in total. The second kappa shape index (κ2) is 5.50. The van der Waals surface area contributed by atoms with Gasteiger partial charge in [0.2, 0.25) is 5.82 Å². The van der Waals surface area contributed by atoms with Gasteiger partial charge in [-0.2, -0.15) is 4.98 Å². The maximum Gasteiger partial charge on any atom is 0.258 e. The number of hydrogen-bond acceptors (Lipinski definition) is 5. The van der Waals surface area contributed by atoms with E-state index in [1.54, 1.807) is 7.11 Å². The molecule has 0 fully saturated rings. The fourth-order valence-corrected chi connectivity index (χ4v) is 1.70. The second-order valence-corrected chi connectivity index (χ2v) is 4.88. The second-order valence-electron chi connectivity index (χ2n) is 4.88. The predicted molar refractivity (Wildman–Crippen MR) is 72.5 cm³/mol. The standard InChI is InChI=1S/C14H19N3O2/c1-14(2,18-3)13-16-12(19-17-13)11-6-4-5-10(9-11)7-8-15/h4-6,9H,7-8,15H2,1-3H3. The zero-order valence-corrected chi connectivity index (χ0v) is 11.5. The smallest absolute Gasteiger partial charge is 0.258 e. The first kappa shape index (κ1) is 13.7. The molecule has 2 N–H and O–H groups in total. The van der Waals surface area contributed by atoms with Gasteiger partial charge in [-0.1, -0.05) is 17.3 Å². The first-order valence-corrected chi connectivity index (χ1v) is 6.25. The molecule has 0 aliphatic carbocycles. The Morgan fingerprint density at radius 1 is 1.37 bits per heavy atom. The molecule has 0 radical (unpaired) electrons. The minimum atomic E-state index is -0.559. The Balaban J connectivity index is 2.30. The molecule has 0 aliphatic heterocycles. The summed E-state index contributed by atoms with van der Waals surface area (Å²) in [6.07, 6.45) is 0.832. The van der Waals surface area contributed by atoms with Crippen LogP contribution in [0.2, 0.25) is 0 Å². The predicted octanol–water partition coefficient (Wildman–Crippen LogP) is 2.12. The van der Waals surface area contributed by atoms with Gasteiger partial charge in [0.25, 0.3) is 5.89 Å². The number of ether oxygens (including phenoxy) is 1. The van der Waals surface area contributed by atoms with Gasteiger partial charge in [-0.15, -0.1) is 0 Å². The molecule has 1 heterocycles. The highest BCUT2D eigenvalue weighted by Crippen LogP contribution is 2.25. The lowest BCUT2D eigenvalue weighted by atomic mass is 10.1. The summed E-state index contributed by atoms with van der Waals surface area (Å²) in [6.45, 7) is 4.41. The van der Waals surface area contributed by atoms with E-state index in [9.17, 15) is 0 Å². The van der Waals surface area contributed by atoms with Crippen molar-refractivity contribution in [3.05, 3.63) is 35.7 Å². The van der Waals surface area contributed by atoms with E-state index in [1.165, 1.54) is 0 Å². The Labute approximate surface area is 112 Å². The molecule has 0 unspecified atom stereocenters. The van der Waals surface area contributed by atoms with Crippen molar-refractivity contribution < 1.29 is 9.26 Å². The van der Waals surface area contributed by atoms with E-state index < -0.39 is 5.60 Å². The van der Waals surface area contributed by atoms with Crippen LogP contribution >= 0.6 is 0 Å². The zero-order valence-electron chi connectivity index (χ0n) is 11.5. The SMILES string of the molecule is COC(C)(C)c1noc(-c2cccc(CCN)c2)n1. The summed E-state index contributed by atoms with van der Waals surface area (Å²) in [7, 11) is 1.62. The maximum atomic E-state index is 5.56. The highest BCUT2D eigenvalue weighted by atomic mass is 16.5. The molecule has 5 heteroatoms. The van der Waals surface area contributed by atoms with Crippen molar-refractivity contribution in [2.75, 3.05) is 13.7 Å². The Kier molecular flexibility index (Phi) is 3.97. The van der Waals surface area contributed by atoms with E-state index in [2.05, 4.69) is 10.1 Å². The molecule has 0 aliphatic rings. The Morgan fingerprint density at radius 3 is 2.84 bits per heavy atom. The molecule has 19 heavy (non-hydrogen) atoms. The topological polar surface area (TPSA) is 74.2 Å². The Bertz CT molecular complexity index is 549. The van der Waals surface area contributed by atoms with Crippen LogP contribution in [0.4, 0.5) is 0 Å². The van der Waals surface area contributed by atoms with Gasteiger partial charge < -0.3 is 15.0 Å². The summed E-state index contributed by atoms with van der Waals surface area (Å²) in [6, 6.07) is 7.96. The van der Waals surface area contributed by atoms with Crippen molar-refractivity contribution in [1.82, 2.24) is 10.1 Å². The molecular weight excluding hydrogens is 242 g/mol. The Hall–Kier alpha value is -1.72. The first-order valence-electron chi connectivity index (χ1n) is 6.25. The van der Waals surface area contributed by atoms with Gasteiger partial charge in [-0.05, 0) is 44.5 Å². The lowest BCUT2D eigenvalue weighted by molar-refractivity contribution is 0.00973. The van der Waals surface area contributed by atoms with Crippen molar-refractivity contribution in [2.45, 2.75) is 25.9 Å². The highest BCUT2D eigenvalue weighted by molar-refractivity contribution is 5.54. The van der Waals surface area contributed by atoms with Crippen LogP contribution in [0.5, 0.6) is 0 Å². The van der Waals surface area contributed by atoms with E-state index in [0.29, 0.717) is 18.3 Å². The van der Waals surface area contributed by atoms with Gasteiger partial charge in [0.1, 0.15) is 5.60 Å².